The van der Waals surface area contributed by atoms with Crippen LogP contribution in [0.25, 0.3) is 0 Å². The van der Waals surface area contributed by atoms with Gasteiger partial charge >= 0.3 is 0 Å². The molecule has 0 saturated carbocycles. The van der Waals surface area contributed by atoms with Crippen molar-refractivity contribution in [3.8, 4) is 5.75 Å². The van der Waals surface area contributed by atoms with E-state index < -0.39 is 27.7 Å². The van der Waals surface area contributed by atoms with E-state index in [0.717, 1.165) is 29.1 Å². The average Bonchev–Trinajstić information content (AvgIpc) is 3.35. The monoisotopic (exact) mass is 447 g/mol. The van der Waals surface area contributed by atoms with E-state index in [-0.39, 0.29) is 11.4 Å². The number of rotatable bonds is 6. The standard InChI is InChI=1S/C22H23F2N3O3S/c1-15-13-25-22(26(15)14-16-5-7-19(30-2)8-6-16)21-4-3-9-27(21)31(28,29)20-11-17(23)10-18(24)12-20/h5-8,10-13,21H,3-4,9,14H2,1-2H3. The number of aryl methyl sites for hydroxylation is 1. The molecule has 0 bridgehead atoms. The van der Waals surface area contributed by atoms with E-state index >= 15 is 0 Å². The Morgan fingerprint density at radius 3 is 2.45 bits per heavy atom. The van der Waals surface area contributed by atoms with Gasteiger partial charge in [0, 0.05) is 31.0 Å². The Kier molecular flexibility index (Phi) is 5.81. The maximum atomic E-state index is 13.7. The van der Waals surface area contributed by atoms with E-state index in [0.29, 0.717) is 31.3 Å². The van der Waals surface area contributed by atoms with Gasteiger partial charge in [0.25, 0.3) is 0 Å². The van der Waals surface area contributed by atoms with Crippen molar-refractivity contribution < 1.29 is 21.9 Å². The molecule has 3 aromatic rings. The molecule has 0 radical (unpaired) electrons. The fourth-order valence-electron chi connectivity index (χ4n) is 3.96. The summed E-state index contributed by atoms with van der Waals surface area (Å²) in [6, 6.07) is 9.47. The average molecular weight is 448 g/mol. The lowest BCUT2D eigenvalue weighted by molar-refractivity contribution is 0.373. The Bertz CT molecular complexity index is 1170. The maximum absolute atomic E-state index is 13.7. The molecule has 9 heteroatoms. The Balaban J connectivity index is 1.67. The highest BCUT2D eigenvalue weighted by atomic mass is 32.2. The molecule has 1 unspecified atom stereocenters. The zero-order valence-electron chi connectivity index (χ0n) is 17.3. The summed E-state index contributed by atoms with van der Waals surface area (Å²) in [6.07, 6.45) is 2.93. The highest BCUT2D eigenvalue weighted by Gasteiger charge is 2.39. The lowest BCUT2D eigenvalue weighted by atomic mass is 10.2. The Hall–Kier alpha value is -2.78. The van der Waals surface area contributed by atoms with Crippen molar-refractivity contribution in [2.45, 2.75) is 37.2 Å². The molecule has 1 aliphatic heterocycles. The number of methoxy groups -OCH3 is 1. The first-order valence-electron chi connectivity index (χ1n) is 9.92. The quantitative estimate of drug-likeness (QED) is 0.572. The molecule has 2 aromatic carbocycles. The molecule has 164 valence electrons. The molecule has 31 heavy (non-hydrogen) atoms. The summed E-state index contributed by atoms with van der Waals surface area (Å²) in [5.74, 6) is -0.481. The third-order valence-corrected chi connectivity index (χ3v) is 7.42. The topological polar surface area (TPSA) is 64.4 Å². The van der Waals surface area contributed by atoms with Gasteiger partial charge in [0.2, 0.25) is 10.0 Å². The second-order valence-electron chi connectivity index (χ2n) is 7.57. The minimum atomic E-state index is -4.09. The molecule has 1 aliphatic rings. The normalized spacial score (nSPS) is 17.2. The summed E-state index contributed by atoms with van der Waals surface area (Å²) in [7, 11) is -2.48. The molecular weight excluding hydrogens is 424 g/mol. The van der Waals surface area contributed by atoms with Crippen molar-refractivity contribution >= 4 is 10.0 Å². The van der Waals surface area contributed by atoms with Crippen LogP contribution in [-0.4, -0.2) is 35.9 Å². The highest BCUT2D eigenvalue weighted by Crippen LogP contribution is 2.37. The van der Waals surface area contributed by atoms with E-state index in [1.807, 2.05) is 35.8 Å². The van der Waals surface area contributed by atoms with Gasteiger partial charge in [-0.25, -0.2) is 22.2 Å². The third-order valence-electron chi connectivity index (χ3n) is 5.53. The molecule has 0 N–H and O–H groups in total. The number of halogens is 2. The number of hydrogen-bond acceptors (Lipinski definition) is 4. The van der Waals surface area contributed by atoms with Crippen LogP contribution in [0.5, 0.6) is 5.75 Å². The van der Waals surface area contributed by atoms with Gasteiger partial charge in [0.1, 0.15) is 23.2 Å². The molecule has 0 aliphatic carbocycles. The molecule has 1 saturated heterocycles. The number of imidazole rings is 1. The SMILES string of the molecule is COc1ccc(Cn2c(C)cnc2C2CCCN2S(=O)(=O)c2cc(F)cc(F)c2)cc1. The summed E-state index contributed by atoms with van der Waals surface area (Å²) >= 11 is 0. The Labute approximate surface area is 180 Å². The van der Waals surface area contributed by atoms with Gasteiger partial charge in [0.05, 0.1) is 18.0 Å². The van der Waals surface area contributed by atoms with Gasteiger partial charge in [-0.1, -0.05) is 12.1 Å². The second-order valence-corrected chi connectivity index (χ2v) is 9.46. The van der Waals surface area contributed by atoms with Crippen molar-refractivity contribution in [1.29, 1.82) is 0 Å². The number of ether oxygens (including phenoxy) is 1. The molecular formula is C22H23F2N3O3S. The summed E-state index contributed by atoms with van der Waals surface area (Å²) in [5.41, 5.74) is 1.91. The summed E-state index contributed by atoms with van der Waals surface area (Å²) in [5, 5.41) is 0. The molecule has 4 rings (SSSR count). The van der Waals surface area contributed by atoms with Crippen LogP contribution in [0, 0.1) is 18.6 Å². The van der Waals surface area contributed by atoms with Crippen LogP contribution < -0.4 is 4.74 Å². The van der Waals surface area contributed by atoms with Crippen molar-refractivity contribution in [1.82, 2.24) is 13.9 Å². The predicted octanol–water partition coefficient (Wildman–Crippen LogP) is 4.05. The zero-order chi connectivity index (χ0) is 22.2. The number of sulfonamides is 1. The third kappa shape index (κ3) is 4.20. The first kappa shape index (κ1) is 21.5. The largest absolute Gasteiger partial charge is 0.497 e. The van der Waals surface area contributed by atoms with Gasteiger partial charge in [0.15, 0.2) is 0 Å². The van der Waals surface area contributed by atoms with Crippen LogP contribution in [0.1, 0.15) is 36.0 Å². The van der Waals surface area contributed by atoms with E-state index in [4.69, 9.17) is 4.74 Å². The minimum absolute atomic E-state index is 0.263. The van der Waals surface area contributed by atoms with Gasteiger partial charge in [-0.3, -0.25) is 0 Å². The molecule has 2 heterocycles. The van der Waals surface area contributed by atoms with Gasteiger partial charge in [-0.2, -0.15) is 4.31 Å². The fraction of sp³-hybridized carbons (Fsp3) is 0.318. The predicted molar refractivity (Wildman–Crippen MR) is 111 cm³/mol. The highest BCUT2D eigenvalue weighted by molar-refractivity contribution is 7.89. The molecule has 1 fully saturated rings. The number of aromatic nitrogens is 2. The van der Waals surface area contributed by atoms with Gasteiger partial charge < -0.3 is 9.30 Å². The van der Waals surface area contributed by atoms with Crippen LogP contribution in [0.15, 0.2) is 53.6 Å². The summed E-state index contributed by atoms with van der Waals surface area (Å²) in [6.45, 7) is 2.69. The number of hydrogen-bond donors (Lipinski definition) is 0. The lowest BCUT2D eigenvalue weighted by Crippen LogP contribution is -2.32. The van der Waals surface area contributed by atoms with Gasteiger partial charge in [-0.15, -0.1) is 0 Å². The molecule has 1 atom stereocenters. The molecule has 0 spiro atoms. The van der Waals surface area contributed by atoms with Crippen molar-refractivity contribution in [3.63, 3.8) is 0 Å². The van der Waals surface area contributed by atoms with Crippen LogP contribution in [0.3, 0.4) is 0 Å². The van der Waals surface area contributed by atoms with Crippen LogP contribution in [-0.2, 0) is 16.6 Å². The van der Waals surface area contributed by atoms with Crippen molar-refractivity contribution in [2.24, 2.45) is 0 Å². The van der Waals surface area contributed by atoms with Crippen molar-refractivity contribution in [2.75, 3.05) is 13.7 Å². The van der Waals surface area contributed by atoms with Crippen LogP contribution in [0.4, 0.5) is 8.78 Å². The van der Waals surface area contributed by atoms with Crippen molar-refractivity contribution in [3.05, 3.63) is 77.4 Å². The fourth-order valence-corrected chi connectivity index (χ4v) is 5.66. The number of nitrogens with zero attached hydrogens (tertiary/aromatic N) is 3. The van der Waals surface area contributed by atoms with E-state index in [1.165, 1.54) is 4.31 Å². The number of benzene rings is 2. The minimum Gasteiger partial charge on any atom is -0.497 e. The van der Waals surface area contributed by atoms with E-state index in [1.54, 1.807) is 13.3 Å². The molecule has 6 nitrogen and oxygen atoms in total. The molecule has 0 amide bonds. The first-order valence-corrected chi connectivity index (χ1v) is 11.4. The maximum Gasteiger partial charge on any atom is 0.243 e. The summed E-state index contributed by atoms with van der Waals surface area (Å²) in [4.78, 5) is 4.12. The lowest BCUT2D eigenvalue weighted by Gasteiger charge is -2.25. The van der Waals surface area contributed by atoms with Gasteiger partial charge in [-0.05, 0) is 49.6 Å². The van der Waals surface area contributed by atoms with Crippen LogP contribution in [0.2, 0.25) is 0 Å². The Morgan fingerprint density at radius 2 is 1.81 bits per heavy atom. The smallest absolute Gasteiger partial charge is 0.243 e. The second kappa shape index (κ2) is 8.39. The Morgan fingerprint density at radius 1 is 1.13 bits per heavy atom. The zero-order valence-corrected chi connectivity index (χ0v) is 18.1. The van der Waals surface area contributed by atoms with Crippen LogP contribution >= 0.6 is 0 Å². The van der Waals surface area contributed by atoms with E-state index in [9.17, 15) is 17.2 Å². The van der Waals surface area contributed by atoms with E-state index in [2.05, 4.69) is 4.98 Å². The summed E-state index contributed by atoms with van der Waals surface area (Å²) < 4.78 is 62.3. The molecule has 1 aromatic heterocycles. The first-order chi connectivity index (χ1) is 14.8.